The zero-order chi connectivity index (χ0) is 13.2. The molecule has 17 heavy (non-hydrogen) atoms. The number of carbonyl (C=O) groups is 1. The Morgan fingerprint density at radius 2 is 2.00 bits per heavy atom. The number of benzene rings is 1. The van der Waals surface area contributed by atoms with Gasteiger partial charge in [0.15, 0.2) is 0 Å². The van der Waals surface area contributed by atoms with E-state index in [0.717, 1.165) is 7.11 Å². The van der Waals surface area contributed by atoms with Gasteiger partial charge in [-0.3, -0.25) is 19.7 Å². The fourth-order valence-corrected chi connectivity index (χ4v) is 1.09. The molecule has 0 fully saturated rings. The SMILES string of the molecule is CON(C)C(=O)c1cc(F)c([N+](=O)[O-])cc1F. The lowest BCUT2D eigenvalue weighted by Gasteiger charge is -2.13. The van der Waals surface area contributed by atoms with E-state index >= 15 is 0 Å². The fourth-order valence-electron chi connectivity index (χ4n) is 1.09. The van der Waals surface area contributed by atoms with Crippen LogP contribution in [0.25, 0.3) is 0 Å². The minimum absolute atomic E-state index is 0.353. The van der Waals surface area contributed by atoms with Gasteiger partial charge in [0.2, 0.25) is 5.82 Å². The summed E-state index contributed by atoms with van der Waals surface area (Å²) in [5.74, 6) is -3.42. The normalized spacial score (nSPS) is 10.1. The Labute approximate surface area is 94.5 Å². The zero-order valence-corrected chi connectivity index (χ0v) is 8.94. The van der Waals surface area contributed by atoms with Gasteiger partial charge >= 0.3 is 5.69 Å². The summed E-state index contributed by atoms with van der Waals surface area (Å²) < 4.78 is 26.6. The average molecular weight is 246 g/mol. The minimum atomic E-state index is -1.29. The standard InChI is InChI=1S/C9H8F2N2O4/c1-12(17-2)9(14)5-3-7(11)8(13(15)16)4-6(5)10/h3-4H,1-2H3. The van der Waals surface area contributed by atoms with E-state index in [1.54, 1.807) is 0 Å². The van der Waals surface area contributed by atoms with Gasteiger partial charge in [0, 0.05) is 7.05 Å². The highest BCUT2D eigenvalue weighted by atomic mass is 19.1. The maximum Gasteiger partial charge on any atom is 0.307 e. The molecule has 6 nitrogen and oxygen atoms in total. The molecule has 0 aliphatic heterocycles. The van der Waals surface area contributed by atoms with Crippen molar-refractivity contribution in [1.82, 2.24) is 5.06 Å². The Hall–Kier alpha value is -2.09. The molecule has 0 heterocycles. The monoisotopic (exact) mass is 246 g/mol. The number of hydroxylamine groups is 2. The van der Waals surface area contributed by atoms with Crippen molar-refractivity contribution in [3.05, 3.63) is 39.4 Å². The first kappa shape index (κ1) is 13.0. The van der Waals surface area contributed by atoms with Crippen LogP contribution in [-0.4, -0.2) is 30.1 Å². The first-order valence-corrected chi connectivity index (χ1v) is 4.34. The number of nitro groups is 1. The number of nitrogens with zero attached hydrogens (tertiary/aromatic N) is 2. The van der Waals surface area contributed by atoms with Crippen LogP contribution >= 0.6 is 0 Å². The quantitative estimate of drug-likeness (QED) is 0.598. The van der Waals surface area contributed by atoms with Gasteiger partial charge in [-0.1, -0.05) is 0 Å². The average Bonchev–Trinajstić information content (AvgIpc) is 2.29. The molecular weight excluding hydrogens is 238 g/mol. The van der Waals surface area contributed by atoms with Crippen LogP contribution in [0.4, 0.5) is 14.5 Å². The summed E-state index contributed by atoms with van der Waals surface area (Å²) >= 11 is 0. The largest absolute Gasteiger partial charge is 0.307 e. The van der Waals surface area contributed by atoms with Gasteiger partial charge in [0.1, 0.15) is 5.82 Å². The summed E-state index contributed by atoms with van der Waals surface area (Å²) in [5, 5.41) is 11.0. The molecule has 1 aromatic carbocycles. The van der Waals surface area contributed by atoms with E-state index in [9.17, 15) is 23.7 Å². The molecule has 92 valence electrons. The van der Waals surface area contributed by atoms with Gasteiger partial charge in [0.25, 0.3) is 5.91 Å². The summed E-state index contributed by atoms with van der Waals surface area (Å²) in [6, 6.07) is 0.817. The fraction of sp³-hybridized carbons (Fsp3) is 0.222. The van der Waals surface area contributed by atoms with Gasteiger partial charge < -0.3 is 0 Å². The highest BCUT2D eigenvalue weighted by Crippen LogP contribution is 2.22. The van der Waals surface area contributed by atoms with Crippen LogP contribution in [-0.2, 0) is 4.84 Å². The van der Waals surface area contributed by atoms with Gasteiger partial charge in [-0.05, 0) is 6.07 Å². The Morgan fingerprint density at radius 1 is 1.41 bits per heavy atom. The van der Waals surface area contributed by atoms with E-state index < -0.39 is 33.7 Å². The number of nitro benzene ring substituents is 1. The maximum absolute atomic E-state index is 13.4. The third kappa shape index (κ3) is 2.53. The van der Waals surface area contributed by atoms with Crippen LogP contribution in [0.15, 0.2) is 12.1 Å². The van der Waals surface area contributed by atoms with Gasteiger partial charge in [-0.2, -0.15) is 4.39 Å². The lowest BCUT2D eigenvalue weighted by Crippen LogP contribution is -2.26. The molecule has 1 amide bonds. The van der Waals surface area contributed by atoms with E-state index in [1.165, 1.54) is 7.05 Å². The first-order valence-electron chi connectivity index (χ1n) is 4.34. The second-order valence-electron chi connectivity index (χ2n) is 3.03. The van der Waals surface area contributed by atoms with Crippen molar-refractivity contribution in [3.63, 3.8) is 0 Å². The molecule has 0 radical (unpaired) electrons. The number of hydrogen-bond acceptors (Lipinski definition) is 4. The third-order valence-electron chi connectivity index (χ3n) is 2.02. The van der Waals surface area contributed by atoms with E-state index in [-0.39, 0.29) is 0 Å². The molecule has 0 saturated carbocycles. The molecule has 0 atom stereocenters. The second-order valence-corrected chi connectivity index (χ2v) is 3.03. The van der Waals surface area contributed by atoms with E-state index in [1.807, 2.05) is 0 Å². The maximum atomic E-state index is 13.4. The van der Waals surface area contributed by atoms with Crippen molar-refractivity contribution in [1.29, 1.82) is 0 Å². The number of carbonyl (C=O) groups excluding carboxylic acids is 1. The Kier molecular flexibility index (Phi) is 3.69. The number of amides is 1. The summed E-state index contributed by atoms with van der Waals surface area (Å²) in [4.78, 5) is 25.2. The van der Waals surface area contributed by atoms with Crippen molar-refractivity contribution in [3.8, 4) is 0 Å². The number of rotatable bonds is 3. The molecule has 0 N–H and O–H groups in total. The van der Waals surface area contributed by atoms with Crippen molar-refractivity contribution < 1.29 is 23.3 Å². The van der Waals surface area contributed by atoms with Crippen LogP contribution in [0.1, 0.15) is 10.4 Å². The zero-order valence-electron chi connectivity index (χ0n) is 8.94. The van der Waals surface area contributed by atoms with E-state index in [2.05, 4.69) is 4.84 Å². The Morgan fingerprint density at radius 3 is 2.47 bits per heavy atom. The minimum Gasteiger partial charge on any atom is -0.274 e. The van der Waals surface area contributed by atoms with Crippen molar-refractivity contribution in [2.45, 2.75) is 0 Å². The van der Waals surface area contributed by atoms with Crippen LogP contribution < -0.4 is 0 Å². The lowest BCUT2D eigenvalue weighted by molar-refractivity contribution is -0.387. The third-order valence-corrected chi connectivity index (χ3v) is 2.02. The van der Waals surface area contributed by atoms with Gasteiger partial charge in [-0.15, -0.1) is 0 Å². The van der Waals surface area contributed by atoms with E-state index in [0.29, 0.717) is 17.2 Å². The van der Waals surface area contributed by atoms with Crippen LogP contribution in [0.2, 0.25) is 0 Å². The predicted octanol–water partition coefficient (Wildman–Crippen LogP) is 1.51. The van der Waals surface area contributed by atoms with Crippen molar-refractivity contribution in [2.24, 2.45) is 0 Å². The first-order chi connectivity index (χ1) is 7.88. The lowest BCUT2D eigenvalue weighted by atomic mass is 10.1. The van der Waals surface area contributed by atoms with Crippen LogP contribution in [0.5, 0.6) is 0 Å². The molecule has 0 unspecified atom stereocenters. The van der Waals surface area contributed by atoms with Crippen LogP contribution in [0, 0.1) is 21.7 Å². The summed E-state index contributed by atoms with van der Waals surface area (Å²) in [6.07, 6.45) is 0. The summed E-state index contributed by atoms with van der Waals surface area (Å²) in [6.45, 7) is 0. The molecule has 8 heteroatoms. The Balaban J connectivity index is 3.25. The highest BCUT2D eigenvalue weighted by Gasteiger charge is 2.23. The van der Waals surface area contributed by atoms with Gasteiger partial charge in [-0.25, -0.2) is 9.45 Å². The second kappa shape index (κ2) is 4.83. The van der Waals surface area contributed by atoms with Crippen LogP contribution in [0.3, 0.4) is 0 Å². The summed E-state index contributed by atoms with van der Waals surface area (Å²) in [5.41, 5.74) is -1.67. The molecule has 1 rings (SSSR count). The number of hydrogen-bond donors (Lipinski definition) is 0. The molecule has 0 aromatic heterocycles. The topological polar surface area (TPSA) is 72.7 Å². The Bertz CT molecular complexity index is 478. The van der Waals surface area contributed by atoms with E-state index in [4.69, 9.17) is 0 Å². The van der Waals surface area contributed by atoms with Gasteiger partial charge in [0.05, 0.1) is 23.7 Å². The molecule has 0 bridgehead atoms. The van der Waals surface area contributed by atoms with Crippen molar-refractivity contribution in [2.75, 3.05) is 14.2 Å². The highest BCUT2D eigenvalue weighted by molar-refractivity contribution is 5.93. The molecule has 0 aliphatic carbocycles. The number of halogens is 2. The molecule has 0 aliphatic rings. The summed E-state index contributed by atoms with van der Waals surface area (Å²) in [7, 11) is 2.36. The predicted molar refractivity (Wildman–Crippen MR) is 52.1 cm³/mol. The molecule has 1 aromatic rings. The molecule has 0 saturated heterocycles. The molecule has 0 spiro atoms. The smallest absolute Gasteiger partial charge is 0.274 e. The molecular formula is C9H8F2N2O4. The van der Waals surface area contributed by atoms with Crippen molar-refractivity contribution >= 4 is 11.6 Å².